The number of carbonyl (C=O) groups excluding carboxylic acids is 2. The summed E-state index contributed by atoms with van der Waals surface area (Å²) < 4.78 is 48.4. The number of benzene rings is 3. The molecule has 328 valence electrons. The summed E-state index contributed by atoms with van der Waals surface area (Å²) in [7, 11) is -4.25. The van der Waals surface area contributed by atoms with E-state index < -0.39 is 32.0 Å². The summed E-state index contributed by atoms with van der Waals surface area (Å²) in [6.07, 6.45) is 20.6. The minimum atomic E-state index is -4.25. The molecule has 0 saturated carbocycles. The maximum absolute atomic E-state index is 14.1. The SMILES string of the molecule is CCCCCCCCCCCCCCCCCCOCCCCOP(=O)(OCc1ccccc1)O[C@H](C)[C@H](NC(=O)OCc1ccccc1)C(=O)OCc1ccccc1. The van der Waals surface area contributed by atoms with Crippen molar-refractivity contribution in [1.29, 1.82) is 0 Å². The minimum absolute atomic E-state index is 0.0152. The summed E-state index contributed by atoms with van der Waals surface area (Å²) in [6.45, 7) is 5.04. The lowest BCUT2D eigenvalue weighted by atomic mass is 10.0. The van der Waals surface area contributed by atoms with Crippen LogP contribution in [0.2, 0.25) is 0 Å². The largest absolute Gasteiger partial charge is 0.475 e. The zero-order valence-electron chi connectivity index (χ0n) is 35.9. The van der Waals surface area contributed by atoms with Crippen molar-refractivity contribution in [2.75, 3.05) is 19.8 Å². The van der Waals surface area contributed by atoms with Gasteiger partial charge in [0.15, 0.2) is 6.04 Å². The summed E-state index contributed by atoms with van der Waals surface area (Å²) in [5, 5.41) is 2.54. The Morgan fingerprint density at radius 3 is 1.42 bits per heavy atom. The average Bonchev–Trinajstić information content (AvgIpc) is 3.26. The molecule has 1 amide bonds. The van der Waals surface area contributed by atoms with Crippen molar-refractivity contribution < 1.29 is 41.9 Å². The molecule has 59 heavy (non-hydrogen) atoms. The first kappa shape index (κ1) is 49.8. The Kier molecular flexibility index (Phi) is 27.3. The van der Waals surface area contributed by atoms with Gasteiger partial charge in [0.25, 0.3) is 0 Å². The molecule has 0 spiro atoms. The van der Waals surface area contributed by atoms with Crippen LogP contribution >= 0.6 is 7.82 Å². The number of amides is 1. The van der Waals surface area contributed by atoms with Gasteiger partial charge in [-0.2, -0.15) is 0 Å². The highest BCUT2D eigenvalue weighted by atomic mass is 31.2. The van der Waals surface area contributed by atoms with Gasteiger partial charge in [-0.25, -0.2) is 14.2 Å². The highest BCUT2D eigenvalue weighted by Crippen LogP contribution is 2.52. The molecule has 0 fully saturated rings. The highest BCUT2D eigenvalue weighted by Gasteiger charge is 2.37. The lowest BCUT2D eigenvalue weighted by Crippen LogP contribution is -2.49. The summed E-state index contributed by atoms with van der Waals surface area (Å²) in [5.41, 5.74) is 2.29. The van der Waals surface area contributed by atoms with E-state index in [2.05, 4.69) is 12.2 Å². The third kappa shape index (κ3) is 24.4. The summed E-state index contributed by atoms with van der Waals surface area (Å²) >= 11 is 0. The second-order valence-corrected chi connectivity index (χ2v) is 16.9. The van der Waals surface area contributed by atoms with Crippen LogP contribution in [-0.2, 0) is 57.0 Å². The molecule has 3 aromatic carbocycles. The number of alkyl carbamates (subject to hydrolysis) is 1. The molecule has 0 aliphatic heterocycles. The summed E-state index contributed by atoms with van der Waals surface area (Å²) in [4.78, 5) is 26.4. The number of hydrogen-bond donors (Lipinski definition) is 1. The summed E-state index contributed by atoms with van der Waals surface area (Å²) in [5.74, 6) is -0.797. The van der Waals surface area contributed by atoms with E-state index in [0.717, 1.165) is 29.7 Å². The maximum Gasteiger partial charge on any atom is 0.475 e. The summed E-state index contributed by atoms with van der Waals surface area (Å²) in [6, 6.07) is 26.1. The van der Waals surface area contributed by atoms with E-state index in [1.165, 1.54) is 103 Å². The van der Waals surface area contributed by atoms with E-state index in [1.54, 1.807) is 0 Å². The molecule has 0 aromatic heterocycles. The van der Waals surface area contributed by atoms with Crippen molar-refractivity contribution in [3.8, 4) is 0 Å². The average molecular weight is 838 g/mol. The van der Waals surface area contributed by atoms with Crippen molar-refractivity contribution in [1.82, 2.24) is 5.32 Å². The molecule has 3 aromatic rings. The molecule has 3 rings (SSSR count). The van der Waals surface area contributed by atoms with Gasteiger partial charge >= 0.3 is 19.9 Å². The van der Waals surface area contributed by atoms with Crippen LogP contribution in [0, 0.1) is 0 Å². The van der Waals surface area contributed by atoms with E-state index in [4.69, 9.17) is 27.8 Å². The quantitative estimate of drug-likeness (QED) is 0.0351. The number of unbranched alkanes of at least 4 members (excludes halogenated alkanes) is 16. The molecule has 10 nitrogen and oxygen atoms in total. The molecular weight excluding hydrogens is 765 g/mol. The van der Waals surface area contributed by atoms with Crippen LogP contribution in [0.3, 0.4) is 0 Å². The Hall–Kier alpha value is -3.53. The van der Waals surface area contributed by atoms with E-state index in [1.807, 2.05) is 91.0 Å². The van der Waals surface area contributed by atoms with Crippen LogP contribution < -0.4 is 5.32 Å². The van der Waals surface area contributed by atoms with Crippen molar-refractivity contribution >= 4 is 19.9 Å². The lowest BCUT2D eigenvalue weighted by Gasteiger charge is -2.27. The van der Waals surface area contributed by atoms with E-state index in [9.17, 15) is 14.2 Å². The number of phosphoric acid groups is 1. The standard InChI is InChI=1S/C48H72NO9P/c1-3-4-5-6-7-8-9-10-11-12-13-14-15-16-17-27-36-53-37-28-29-38-56-59(52,57-41-45-34-25-20-26-35-45)58-42(2)46(47(50)54-39-43-30-21-18-22-31-43)49-48(51)55-40-44-32-23-19-24-33-44/h18-26,30-35,42,46H,3-17,27-29,36-41H2,1-2H3,(H,49,51)/t42-,46+,59?/m1/s1. The van der Waals surface area contributed by atoms with Crippen LogP contribution in [0.15, 0.2) is 91.0 Å². The van der Waals surface area contributed by atoms with Gasteiger partial charge in [0.2, 0.25) is 0 Å². The first-order valence-corrected chi connectivity index (χ1v) is 23.7. The van der Waals surface area contributed by atoms with E-state index in [-0.39, 0.29) is 26.4 Å². The molecule has 11 heteroatoms. The first-order chi connectivity index (χ1) is 28.9. The van der Waals surface area contributed by atoms with E-state index >= 15 is 0 Å². The van der Waals surface area contributed by atoms with Crippen molar-refractivity contribution in [3.05, 3.63) is 108 Å². The Morgan fingerprint density at radius 1 is 0.525 bits per heavy atom. The van der Waals surface area contributed by atoms with Gasteiger partial charge in [0.05, 0.1) is 19.3 Å². The molecule has 1 N–H and O–H groups in total. The fraction of sp³-hybridized carbons (Fsp3) is 0.583. The van der Waals surface area contributed by atoms with Gasteiger partial charge < -0.3 is 19.5 Å². The topological polar surface area (TPSA) is 119 Å². The molecule has 0 heterocycles. The van der Waals surface area contributed by atoms with Crippen molar-refractivity contribution in [3.63, 3.8) is 0 Å². The van der Waals surface area contributed by atoms with Gasteiger partial charge in [0, 0.05) is 13.2 Å². The Morgan fingerprint density at radius 2 is 0.932 bits per heavy atom. The Bertz CT molecular complexity index is 1530. The van der Waals surface area contributed by atoms with Crippen LogP contribution in [0.25, 0.3) is 0 Å². The Balaban J connectivity index is 1.39. The smallest absolute Gasteiger partial charge is 0.459 e. The van der Waals surface area contributed by atoms with Gasteiger partial charge in [0.1, 0.15) is 13.2 Å². The zero-order chi connectivity index (χ0) is 42.1. The Labute approximate surface area is 355 Å². The fourth-order valence-corrected chi connectivity index (χ4v) is 7.89. The number of rotatable bonds is 35. The monoisotopic (exact) mass is 837 g/mol. The number of carbonyl (C=O) groups is 2. The number of esters is 1. The zero-order valence-corrected chi connectivity index (χ0v) is 36.8. The number of hydrogen-bond acceptors (Lipinski definition) is 9. The van der Waals surface area contributed by atoms with E-state index in [0.29, 0.717) is 19.4 Å². The van der Waals surface area contributed by atoms with Crippen LogP contribution in [0.4, 0.5) is 4.79 Å². The van der Waals surface area contributed by atoms with Gasteiger partial charge in [-0.3, -0.25) is 13.6 Å². The molecule has 3 atom stereocenters. The van der Waals surface area contributed by atoms with Crippen LogP contribution in [0.5, 0.6) is 0 Å². The normalized spacial score (nSPS) is 13.3. The molecule has 0 aliphatic rings. The molecule has 0 saturated heterocycles. The fourth-order valence-electron chi connectivity index (χ4n) is 6.51. The van der Waals surface area contributed by atoms with Crippen LogP contribution in [0.1, 0.15) is 146 Å². The number of ether oxygens (including phenoxy) is 3. The first-order valence-electron chi connectivity index (χ1n) is 22.3. The van der Waals surface area contributed by atoms with Gasteiger partial charge in [-0.05, 0) is 42.9 Å². The predicted molar refractivity (Wildman–Crippen MR) is 235 cm³/mol. The predicted octanol–water partition coefficient (Wildman–Crippen LogP) is 12.8. The maximum atomic E-state index is 14.1. The number of phosphoric ester groups is 1. The molecular formula is C48H72NO9P. The number of nitrogens with one attached hydrogen (secondary N) is 1. The third-order valence-corrected chi connectivity index (χ3v) is 11.6. The van der Waals surface area contributed by atoms with Crippen LogP contribution in [-0.4, -0.2) is 44.0 Å². The van der Waals surface area contributed by atoms with Crippen molar-refractivity contribution in [2.24, 2.45) is 0 Å². The second-order valence-electron chi connectivity index (χ2n) is 15.2. The van der Waals surface area contributed by atoms with Crippen molar-refractivity contribution in [2.45, 2.75) is 161 Å². The minimum Gasteiger partial charge on any atom is -0.459 e. The molecule has 0 bridgehead atoms. The highest BCUT2D eigenvalue weighted by molar-refractivity contribution is 7.48. The van der Waals surface area contributed by atoms with Gasteiger partial charge in [-0.15, -0.1) is 0 Å². The second kappa shape index (κ2) is 32.3. The molecule has 0 radical (unpaired) electrons. The lowest BCUT2D eigenvalue weighted by molar-refractivity contribution is -0.150. The van der Waals surface area contributed by atoms with Gasteiger partial charge in [-0.1, -0.05) is 194 Å². The third-order valence-electron chi connectivity index (χ3n) is 10.0. The molecule has 0 aliphatic carbocycles. The molecule has 1 unspecified atom stereocenters.